The first-order chi connectivity index (χ1) is 15.9. The van der Waals surface area contributed by atoms with Gasteiger partial charge in [0.1, 0.15) is 0 Å². The number of nitrogens with zero attached hydrogens (tertiary/aromatic N) is 4. The van der Waals surface area contributed by atoms with Gasteiger partial charge in [0.25, 0.3) is 11.6 Å². The lowest BCUT2D eigenvalue weighted by Crippen LogP contribution is -2.24. The number of non-ortho nitro benzene ring substituents is 1. The number of nitro benzene ring substituents is 1. The molecule has 1 aromatic heterocycles. The third kappa shape index (κ3) is 5.20. The molecule has 0 atom stereocenters. The molecule has 1 aliphatic rings. The van der Waals surface area contributed by atoms with Crippen molar-refractivity contribution in [2.24, 2.45) is 7.05 Å². The number of ether oxygens (including phenoxy) is 2. The van der Waals surface area contributed by atoms with Crippen molar-refractivity contribution in [3.63, 3.8) is 0 Å². The second kappa shape index (κ2) is 9.56. The number of nitro groups is 1. The number of thioether (sulfide) groups is 1. The van der Waals surface area contributed by atoms with Gasteiger partial charge in [-0.1, -0.05) is 11.8 Å². The summed E-state index contributed by atoms with van der Waals surface area (Å²) in [5, 5.41) is 24.8. The summed E-state index contributed by atoms with van der Waals surface area (Å²) in [6, 6.07) is 10.5. The van der Waals surface area contributed by atoms with Gasteiger partial charge in [-0.05, 0) is 30.3 Å². The first-order valence-corrected chi connectivity index (χ1v) is 10.6. The van der Waals surface area contributed by atoms with Crippen LogP contribution in [0.3, 0.4) is 0 Å². The highest BCUT2D eigenvalue weighted by Gasteiger charge is 2.17. The molecule has 2 heterocycles. The molecule has 0 spiro atoms. The molecule has 0 fully saturated rings. The highest BCUT2D eigenvalue weighted by Crippen LogP contribution is 2.32. The summed E-state index contributed by atoms with van der Waals surface area (Å²) in [5.41, 5.74) is 0.828. The topological polar surface area (TPSA) is 151 Å². The number of benzene rings is 2. The fraction of sp³-hybridized carbons (Fsp3) is 0.200. The van der Waals surface area contributed by atoms with Crippen molar-refractivity contribution >= 4 is 35.0 Å². The molecule has 0 radical (unpaired) electrons. The molecule has 4 rings (SSSR count). The van der Waals surface area contributed by atoms with E-state index in [1.54, 1.807) is 29.8 Å². The lowest BCUT2D eigenvalue weighted by molar-refractivity contribution is -0.384. The largest absolute Gasteiger partial charge is 0.454 e. The zero-order valence-electron chi connectivity index (χ0n) is 17.3. The maximum absolute atomic E-state index is 12.4. The summed E-state index contributed by atoms with van der Waals surface area (Å²) in [4.78, 5) is 34.8. The van der Waals surface area contributed by atoms with Crippen molar-refractivity contribution < 1.29 is 24.0 Å². The van der Waals surface area contributed by atoms with E-state index in [1.165, 1.54) is 36.0 Å². The number of amides is 2. The Morgan fingerprint density at radius 2 is 1.91 bits per heavy atom. The maximum Gasteiger partial charge on any atom is 0.269 e. The summed E-state index contributed by atoms with van der Waals surface area (Å²) in [6.07, 6.45) is 0. The van der Waals surface area contributed by atoms with E-state index in [0.29, 0.717) is 33.7 Å². The molecule has 0 unspecified atom stereocenters. The molecule has 12 nitrogen and oxygen atoms in total. The van der Waals surface area contributed by atoms with Crippen molar-refractivity contribution in [1.29, 1.82) is 0 Å². The van der Waals surface area contributed by atoms with Gasteiger partial charge in [0.05, 0.1) is 17.2 Å². The quantitative estimate of drug-likeness (QED) is 0.286. The van der Waals surface area contributed by atoms with Gasteiger partial charge in [-0.3, -0.25) is 19.7 Å². The Morgan fingerprint density at radius 3 is 2.67 bits per heavy atom. The molecule has 2 N–H and O–H groups in total. The van der Waals surface area contributed by atoms with Crippen LogP contribution in [-0.2, 0) is 18.4 Å². The minimum atomic E-state index is -0.509. The first-order valence-electron chi connectivity index (χ1n) is 9.64. The van der Waals surface area contributed by atoms with E-state index in [0.717, 1.165) is 0 Å². The van der Waals surface area contributed by atoms with E-state index >= 15 is 0 Å². The lowest BCUT2D eigenvalue weighted by atomic mass is 10.2. The van der Waals surface area contributed by atoms with Crippen molar-refractivity contribution in [2.75, 3.05) is 17.9 Å². The molecular weight excluding hydrogens is 452 g/mol. The molecule has 0 bridgehead atoms. The Balaban J connectivity index is 1.28. The number of fused-ring (bicyclic) bond motifs is 1. The number of anilines is 1. The highest BCUT2D eigenvalue weighted by atomic mass is 32.2. The predicted molar refractivity (Wildman–Crippen MR) is 117 cm³/mol. The number of carbonyl (C=O) groups excluding carboxylic acids is 2. The van der Waals surface area contributed by atoms with Crippen LogP contribution in [-0.4, -0.2) is 44.0 Å². The highest BCUT2D eigenvalue weighted by molar-refractivity contribution is 7.99. The van der Waals surface area contributed by atoms with Gasteiger partial charge in [0.15, 0.2) is 22.5 Å². The normalized spacial score (nSPS) is 11.8. The molecule has 0 saturated carbocycles. The number of rotatable bonds is 8. The molecule has 3 aromatic rings. The Hall–Kier alpha value is -4.13. The van der Waals surface area contributed by atoms with Crippen LogP contribution >= 0.6 is 11.8 Å². The molecular formula is C20H18N6O6S. The minimum absolute atomic E-state index is 0.0559. The molecule has 13 heteroatoms. The third-order valence-electron chi connectivity index (χ3n) is 4.66. The Bertz CT molecular complexity index is 1210. The van der Waals surface area contributed by atoms with Crippen molar-refractivity contribution in [3.8, 4) is 11.5 Å². The van der Waals surface area contributed by atoms with Crippen LogP contribution in [0.1, 0.15) is 16.2 Å². The summed E-state index contributed by atoms with van der Waals surface area (Å²) in [5.74, 6) is 1.10. The van der Waals surface area contributed by atoms with E-state index in [4.69, 9.17) is 9.47 Å². The van der Waals surface area contributed by atoms with E-state index in [2.05, 4.69) is 20.8 Å². The predicted octanol–water partition coefficient (Wildman–Crippen LogP) is 2.11. The van der Waals surface area contributed by atoms with Crippen LogP contribution in [0.15, 0.2) is 47.6 Å². The standard InChI is InChI=1S/C20H18N6O6S/c1-25-17(9-21-19(28)12-2-7-15-16(8-12)32-11-31-15)23-24-20(25)33-10-18(27)22-13-3-5-14(6-4-13)26(29)30/h2-8H,9-11H2,1H3,(H,21,28)(H,22,27). The SMILES string of the molecule is Cn1c(CNC(=O)c2ccc3c(c2)OCO3)nnc1SCC(=O)Nc1ccc([N+](=O)[O-])cc1. The fourth-order valence-corrected chi connectivity index (χ4v) is 3.65. The molecule has 0 aliphatic carbocycles. The molecule has 2 aromatic carbocycles. The van der Waals surface area contributed by atoms with Gasteiger partial charge in [0, 0.05) is 30.4 Å². The molecule has 0 saturated heterocycles. The van der Waals surface area contributed by atoms with Crippen molar-refractivity contribution in [2.45, 2.75) is 11.7 Å². The van der Waals surface area contributed by atoms with Gasteiger partial charge < -0.3 is 24.7 Å². The Labute approximate surface area is 191 Å². The summed E-state index contributed by atoms with van der Waals surface area (Å²) in [7, 11) is 1.73. The Kier molecular flexibility index (Phi) is 6.40. The van der Waals surface area contributed by atoms with Crippen molar-refractivity contribution in [1.82, 2.24) is 20.1 Å². The number of nitrogens with one attached hydrogen (secondary N) is 2. The number of hydrogen-bond donors (Lipinski definition) is 2. The van der Waals surface area contributed by atoms with Crippen LogP contribution in [0.5, 0.6) is 11.5 Å². The van der Waals surface area contributed by atoms with Gasteiger partial charge in [-0.15, -0.1) is 10.2 Å². The van der Waals surface area contributed by atoms with Crippen LogP contribution in [0.25, 0.3) is 0 Å². The van der Waals surface area contributed by atoms with Crippen LogP contribution in [0, 0.1) is 10.1 Å². The fourth-order valence-electron chi connectivity index (χ4n) is 2.92. The Morgan fingerprint density at radius 1 is 1.15 bits per heavy atom. The monoisotopic (exact) mass is 470 g/mol. The van der Waals surface area contributed by atoms with Gasteiger partial charge in [-0.25, -0.2) is 0 Å². The zero-order valence-corrected chi connectivity index (χ0v) is 18.1. The lowest BCUT2D eigenvalue weighted by Gasteiger charge is -2.07. The van der Waals surface area contributed by atoms with Crippen LogP contribution < -0.4 is 20.1 Å². The second-order valence-corrected chi connectivity index (χ2v) is 7.79. The van der Waals surface area contributed by atoms with Crippen LogP contribution in [0.4, 0.5) is 11.4 Å². The number of aromatic nitrogens is 3. The third-order valence-corrected chi connectivity index (χ3v) is 5.68. The van der Waals surface area contributed by atoms with E-state index in [9.17, 15) is 19.7 Å². The summed E-state index contributed by atoms with van der Waals surface area (Å²) >= 11 is 1.17. The summed E-state index contributed by atoms with van der Waals surface area (Å²) in [6.45, 7) is 0.276. The van der Waals surface area contributed by atoms with Gasteiger partial charge in [0.2, 0.25) is 12.7 Å². The molecule has 1 aliphatic heterocycles. The van der Waals surface area contributed by atoms with E-state index in [-0.39, 0.29) is 36.6 Å². The smallest absolute Gasteiger partial charge is 0.269 e. The molecule has 33 heavy (non-hydrogen) atoms. The molecule has 170 valence electrons. The average molecular weight is 470 g/mol. The second-order valence-electron chi connectivity index (χ2n) is 6.85. The number of hydrogen-bond acceptors (Lipinski definition) is 9. The van der Waals surface area contributed by atoms with Crippen molar-refractivity contribution in [3.05, 3.63) is 64.0 Å². The number of carbonyl (C=O) groups is 2. The zero-order chi connectivity index (χ0) is 23.4. The minimum Gasteiger partial charge on any atom is -0.454 e. The first kappa shape index (κ1) is 22.1. The van der Waals surface area contributed by atoms with E-state index < -0.39 is 4.92 Å². The van der Waals surface area contributed by atoms with Gasteiger partial charge >= 0.3 is 0 Å². The van der Waals surface area contributed by atoms with Gasteiger partial charge in [-0.2, -0.15) is 0 Å². The maximum atomic E-state index is 12.4. The average Bonchev–Trinajstić information content (AvgIpc) is 3.42. The van der Waals surface area contributed by atoms with Crippen LogP contribution in [0.2, 0.25) is 0 Å². The summed E-state index contributed by atoms with van der Waals surface area (Å²) < 4.78 is 12.2. The molecule has 2 amide bonds. The van der Waals surface area contributed by atoms with E-state index in [1.807, 2.05) is 0 Å².